The smallest absolute Gasteiger partial charge is 0.355 e. The van der Waals surface area contributed by atoms with E-state index in [1.807, 2.05) is 24.3 Å². The van der Waals surface area contributed by atoms with Gasteiger partial charge in [0.15, 0.2) is 0 Å². The molecule has 1 N–H and O–H groups in total. The Balaban J connectivity index is 2.13. The molecule has 1 aromatic heterocycles. The SMILES string of the molecule is CCOC(=O)c1[nH]c(C(=O)c2ccc(OC)cc2)c(-c2ccc(OC)cc2)c1I. The van der Waals surface area contributed by atoms with Gasteiger partial charge in [-0.3, -0.25) is 4.79 Å². The van der Waals surface area contributed by atoms with Gasteiger partial charge in [-0.15, -0.1) is 0 Å². The van der Waals surface area contributed by atoms with Crippen molar-refractivity contribution in [1.29, 1.82) is 0 Å². The molecule has 3 rings (SSSR count). The van der Waals surface area contributed by atoms with Gasteiger partial charge in [-0.05, 0) is 71.5 Å². The summed E-state index contributed by atoms with van der Waals surface area (Å²) in [5.74, 6) is 0.630. The second kappa shape index (κ2) is 9.13. The number of carbonyl (C=O) groups excluding carboxylic acids is 2. The van der Waals surface area contributed by atoms with Gasteiger partial charge in [0.05, 0.1) is 30.1 Å². The third-order valence-corrected chi connectivity index (χ3v) is 5.46. The summed E-state index contributed by atoms with van der Waals surface area (Å²) in [4.78, 5) is 28.7. The number of nitrogens with one attached hydrogen (secondary N) is 1. The fourth-order valence-electron chi connectivity index (χ4n) is 2.91. The summed E-state index contributed by atoms with van der Waals surface area (Å²) < 4.78 is 16.1. The number of esters is 1. The summed E-state index contributed by atoms with van der Waals surface area (Å²) in [5.41, 5.74) is 2.51. The Morgan fingerprint density at radius 1 is 0.897 bits per heavy atom. The summed E-state index contributed by atoms with van der Waals surface area (Å²) >= 11 is 2.07. The molecular weight excluding hydrogens is 485 g/mol. The van der Waals surface area contributed by atoms with E-state index in [0.29, 0.717) is 31.9 Å². The van der Waals surface area contributed by atoms with Crippen molar-refractivity contribution < 1.29 is 23.8 Å². The van der Waals surface area contributed by atoms with Crippen molar-refractivity contribution in [2.24, 2.45) is 0 Å². The molecule has 3 aromatic rings. The van der Waals surface area contributed by atoms with E-state index in [0.717, 1.165) is 5.56 Å². The first-order chi connectivity index (χ1) is 14.0. The summed E-state index contributed by atoms with van der Waals surface area (Å²) in [6.07, 6.45) is 0. The van der Waals surface area contributed by atoms with E-state index in [-0.39, 0.29) is 18.1 Å². The van der Waals surface area contributed by atoms with Crippen LogP contribution in [-0.4, -0.2) is 37.6 Å². The number of aromatic nitrogens is 1. The number of hydrogen-bond donors (Lipinski definition) is 1. The number of ketones is 1. The molecule has 1 heterocycles. The van der Waals surface area contributed by atoms with Gasteiger partial charge in [-0.25, -0.2) is 4.79 Å². The Kier molecular flexibility index (Phi) is 6.58. The van der Waals surface area contributed by atoms with Crippen molar-refractivity contribution in [3.8, 4) is 22.6 Å². The van der Waals surface area contributed by atoms with Crippen LogP contribution in [0.25, 0.3) is 11.1 Å². The number of ether oxygens (including phenoxy) is 3. The van der Waals surface area contributed by atoms with Crippen molar-refractivity contribution in [2.75, 3.05) is 20.8 Å². The second-order valence-corrected chi connectivity index (χ2v) is 7.15. The van der Waals surface area contributed by atoms with Crippen LogP contribution in [0.4, 0.5) is 0 Å². The van der Waals surface area contributed by atoms with E-state index in [2.05, 4.69) is 27.6 Å². The lowest BCUT2D eigenvalue weighted by molar-refractivity contribution is 0.0519. The number of carbonyl (C=O) groups is 2. The highest BCUT2D eigenvalue weighted by molar-refractivity contribution is 14.1. The predicted octanol–water partition coefficient (Wildman–Crippen LogP) is 4.71. The largest absolute Gasteiger partial charge is 0.497 e. The Labute approximate surface area is 182 Å². The first-order valence-corrected chi connectivity index (χ1v) is 9.99. The number of halogens is 1. The lowest BCUT2D eigenvalue weighted by Gasteiger charge is -2.07. The number of aromatic amines is 1. The molecule has 0 saturated carbocycles. The molecule has 0 saturated heterocycles. The zero-order valence-corrected chi connectivity index (χ0v) is 18.4. The highest BCUT2D eigenvalue weighted by Crippen LogP contribution is 2.34. The van der Waals surface area contributed by atoms with Gasteiger partial charge in [-0.2, -0.15) is 0 Å². The first kappa shape index (κ1) is 20.9. The molecule has 0 spiro atoms. The standard InChI is InChI=1S/C22H20INO5/c1-4-29-22(26)20-18(23)17(13-5-9-15(27-2)10-6-13)19(24-20)21(25)14-7-11-16(28-3)12-8-14/h5-12,24H,4H2,1-3H3. The minimum atomic E-state index is -0.500. The highest BCUT2D eigenvalue weighted by atomic mass is 127. The highest BCUT2D eigenvalue weighted by Gasteiger charge is 2.26. The van der Waals surface area contributed by atoms with Crippen molar-refractivity contribution in [1.82, 2.24) is 4.98 Å². The van der Waals surface area contributed by atoms with Crippen molar-refractivity contribution in [2.45, 2.75) is 6.92 Å². The molecule has 0 unspecified atom stereocenters. The molecule has 0 bridgehead atoms. The Morgan fingerprint density at radius 3 is 1.97 bits per heavy atom. The van der Waals surface area contributed by atoms with Crippen molar-refractivity contribution >= 4 is 34.3 Å². The van der Waals surface area contributed by atoms with E-state index in [1.54, 1.807) is 45.4 Å². The van der Waals surface area contributed by atoms with E-state index in [9.17, 15) is 9.59 Å². The third-order valence-electron chi connectivity index (χ3n) is 4.38. The number of rotatable bonds is 7. The lowest BCUT2D eigenvalue weighted by Crippen LogP contribution is -2.08. The van der Waals surface area contributed by atoms with Gasteiger partial charge in [0.25, 0.3) is 0 Å². The van der Waals surface area contributed by atoms with Crippen LogP contribution in [0.2, 0.25) is 0 Å². The van der Waals surface area contributed by atoms with Gasteiger partial charge < -0.3 is 19.2 Å². The maximum Gasteiger partial charge on any atom is 0.355 e. The number of methoxy groups -OCH3 is 2. The summed E-state index contributed by atoms with van der Waals surface area (Å²) in [5, 5.41) is 0. The predicted molar refractivity (Wildman–Crippen MR) is 118 cm³/mol. The normalized spacial score (nSPS) is 10.5. The molecule has 6 nitrogen and oxygen atoms in total. The van der Waals surface area contributed by atoms with Crippen LogP contribution in [0.3, 0.4) is 0 Å². The quantitative estimate of drug-likeness (QED) is 0.286. The fourth-order valence-corrected chi connectivity index (χ4v) is 3.84. The molecule has 7 heteroatoms. The Hall–Kier alpha value is -2.81. The number of H-pyrrole nitrogens is 1. The molecule has 0 aliphatic carbocycles. The number of benzene rings is 2. The number of hydrogen-bond acceptors (Lipinski definition) is 5. The summed E-state index contributed by atoms with van der Waals surface area (Å²) in [6, 6.07) is 14.1. The first-order valence-electron chi connectivity index (χ1n) is 8.91. The summed E-state index contributed by atoms with van der Waals surface area (Å²) in [7, 11) is 3.16. The van der Waals surface area contributed by atoms with E-state index >= 15 is 0 Å². The van der Waals surface area contributed by atoms with Crippen molar-refractivity contribution in [3.05, 3.63) is 69.1 Å². The molecule has 0 atom stereocenters. The van der Waals surface area contributed by atoms with Crippen LogP contribution in [-0.2, 0) is 4.74 Å². The molecular formula is C22H20INO5. The van der Waals surface area contributed by atoms with Crippen LogP contribution in [0.15, 0.2) is 48.5 Å². The van der Waals surface area contributed by atoms with E-state index in [4.69, 9.17) is 14.2 Å². The molecule has 0 radical (unpaired) electrons. The van der Waals surface area contributed by atoms with E-state index in [1.165, 1.54) is 0 Å². The van der Waals surface area contributed by atoms with Crippen LogP contribution in [0, 0.1) is 3.57 Å². The van der Waals surface area contributed by atoms with Gasteiger partial charge in [0, 0.05) is 11.1 Å². The molecule has 0 amide bonds. The third kappa shape index (κ3) is 4.29. The second-order valence-electron chi connectivity index (χ2n) is 6.07. The van der Waals surface area contributed by atoms with Gasteiger partial charge >= 0.3 is 5.97 Å². The molecule has 0 aliphatic heterocycles. The molecule has 2 aromatic carbocycles. The monoisotopic (exact) mass is 505 g/mol. The van der Waals surface area contributed by atoms with Crippen LogP contribution in [0.5, 0.6) is 11.5 Å². The minimum absolute atomic E-state index is 0.230. The zero-order chi connectivity index (χ0) is 21.0. The average molecular weight is 505 g/mol. The van der Waals surface area contributed by atoms with Gasteiger partial charge in [-0.1, -0.05) is 12.1 Å². The fraction of sp³-hybridized carbons (Fsp3) is 0.182. The molecule has 29 heavy (non-hydrogen) atoms. The van der Waals surface area contributed by atoms with Crippen LogP contribution < -0.4 is 9.47 Å². The van der Waals surface area contributed by atoms with Crippen LogP contribution >= 0.6 is 22.6 Å². The molecule has 0 fully saturated rings. The average Bonchev–Trinajstić information content (AvgIpc) is 3.10. The van der Waals surface area contributed by atoms with Crippen LogP contribution in [0.1, 0.15) is 33.5 Å². The topological polar surface area (TPSA) is 77.6 Å². The minimum Gasteiger partial charge on any atom is -0.497 e. The summed E-state index contributed by atoms with van der Waals surface area (Å²) in [6.45, 7) is 1.98. The lowest BCUT2D eigenvalue weighted by atomic mass is 10.00. The Bertz CT molecular complexity index is 1020. The molecule has 0 aliphatic rings. The maximum atomic E-state index is 13.3. The maximum absolute atomic E-state index is 13.3. The van der Waals surface area contributed by atoms with Crippen molar-refractivity contribution in [3.63, 3.8) is 0 Å². The molecule has 150 valence electrons. The van der Waals surface area contributed by atoms with E-state index < -0.39 is 5.97 Å². The van der Waals surface area contributed by atoms with Gasteiger partial charge in [0.1, 0.15) is 17.2 Å². The zero-order valence-electron chi connectivity index (χ0n) is 16.2. The van der Waals surface area contributed by atoms with Gasteiger partial charge in [0.2, 0.25) is 5.78 Å². The Morgan fingerprint density at radius 2 is 1.45 bits per heavy atom.